The highest BCUT2D eigenvalue weighted by Gasteiger charge is 2.18. The minimum Gasteiger partial charge on any atom is -0.506 e. The van der Waals surface area contributed by atoms with E-state index < -0.39 is 10.0 Å². The zero-order valence-electron chi connectivity index (χ0n) is 11.7. The van der Waals surface area contributed by atoms with Crippen LogP contribution in [0.2, 0.25) is 0 Å². The Morgan fingerprint density at radius 3 is 2.47 bits per heavy atom. The molecule has 0 aliphatic carbocycles. The van der Waals surface area contributed by atoms with Gasteiger partial charge in [0.2, 0.25) is 10.0 Å². The average molecular weight is 287 g/mol. The summed E-state index contributed by atoms with van der Waals surface area (Å²) >= 11 is 0. The number of aromatic hydroxyl groups is 1. The predicted octanol–water partition coefficient (Wildman–Crippen LogP) is 2.58. The Hall–Kier alpha value is -1.43. The zero-order chi connectivity index (χ0) is 14.7. The third-order valence-electron chi connectivity index (χ3n) is 2.59. The maximum Gasteiger partial charge on any atom is 0.232 e. The second kappa shape index (κ2) is 5.69. The topological polar surface area (TPSA) is 75.6 Å². The highest BCUT2D eigenvalue weighted by atomic mass is 32.2. The van der Waals surface area contributed by atoms with E-state index in [9.17, 15) is 13.5 Å². The molecule has 2 N–H and O–H groups in total. The molecule has 1 aromatic rings. The Balaban J connectivity index is 2.83. The number of rotatable bonds is 5. The van der Waals surface area contributed by atoms with Crippen LogP contribution in [0.25, 0.3) is 0 Å². The van der Waals surface area contributed by atoms with E-state index in [0.29, 0.717) is 12.2 Å². The molecule has 0 aliphatic rings. The van der Waals surface area contributed by atoms with Crippen LogP contribution in [0, 0.1) is 5.41 Å². The van der Waals surface area contributed by atoms with E-state index in [2.05, 4.69) is 4.72 Å². The summed E-state index contributed by atoms with van der Waals surface area (Å²) in [5, 5.41) is 9.64. The number of phenolic OH excluding ortho intramolecular Hbond substituents is 1. The van der Waals surface area contributed by atoms with E-state index in [1.165, 1.54) is 19.2 Å². The molecule has 0 atom stereocenters. The van der Waals surface area contributed by atoms with Crippen LogP contribution in [0.1, 0.15) is 27.2 Å². The number of hydrogen-bond acceptors (Lipinski definition) is 4. The van der Waals surface area contributed by atoms with Crippen LogP contribution in [0.15, 0.2) is 18.2 Å². The molecule has 0 bridgehead atoms. The van der Waals surface area contributed by atoms with E-state index in [1.54, 1.807) is 6.07 Å². The number of nitrogens with one attached hydrogen (secondary N) is 1. The standard InChI is InChI=1S/C13H21NO4S/c1-13(2,3)7-8-19(16,17)14-11-9-10(18-4)5-6-12(11)15/h5-6,9,14-15H,7-8H2,1-4H3. The van der Waals surface area contributed by atoms with Crippen molar-refractivity contribution in [2.75, 3.05) is 17.6 Å². The third kappa shape index (κ3) is 5.38. The molecule has 0 saturated heterocycles. The molecule has 0 saturated carbocycles. The first-order valence-electron chi connectivity index (χ1n) is 6.00. The van der Waals surface area contributed by atoms with Crippen LogP contribution in [-0.2, 0) is 10.0 Å². The summed E-state index contributed by atoms with van der Waals surface area (Å²) in [7, 11) is -2.00. The molecule has 1 rings (SSSR count). The number of sulfonamides is 1. The van der Waals surface area contributed by atoms with E-state index >= 15 is 0 Å². The number of anilines is 1. The second-order valence-corrected chi connectivity index (χ2v) is 7.46. The summed E-state index contributed by atoms with van der Waals surface area (Å²) in [6.45, 7) is 5.93. The molecule has 0 radical (unpaired) electrons. The average Bonchev–Trinajstić information content (AvgIpc) is 2.29. The first-order chi connectivity index (χ1) is 8.63. The van der Waals surface area contributed by atoms with Crippen LogP contribution in [0.4, 0.5) is 5.69 Å². The van der Waals surface area contributed by atoms with Crippen molar-refractivity contribution in [1.82, 2.24) is 0 Å². The van der Waals surface area contributed by atoms with Gasteiger partial charge in [0.05, 0.1) is 18.6 Å². The van der Waals surface area contributed by atoms with E-state index in [-0.39, 0.29) is 22.6 Å². The maximum atomic E-state index is 11.9. The van der Waals surface area contributed by atoms with Gasteiger partial charge in [-0.3, -0.25) is 4.72 Å². The van der Waals surface area contributed by atoms with Gasteiger partial charge in [-0.05, 0) is 24.0 Å². The monoisotopic (exact) mass is 287 g/mol. The molecule has 0 unspecified atom stereocenters. The van der Waals surface area contributed by atoms with Crippen molar-refractivity contribution in [2.45, 2.75) is 27.2 Å². The maximum absolute atomic E-state index is 11.9. The lowest BCUT2D eigenvalue weighted by Gasteiger charge is -2.18. The number of methoxy groups -OCH3 is 1. The third-order valence-corrected chi connectivity index (χ3v) is 3.86. The van der Waals surface area contributed by atoms with E-state index in [0.717, 1.165) is 0 Å². The molecule has 0 spiro atoms. The first kappa shape index (κ1) is 15.6. The highest BCUT2D eigenvalue weighted by molar-refractivity contribution is 7.92. The Kier molecular flexibility index (Phi) is 4.68. The predicted molar refractivity (Wildman–Crippen MR) is 76.1 cm³/mol. The minimum absolute atomic E-state index is 0.00709. The molecule has 0 amide bonds. The van der Waals surface area contributed by atoms with Crippen molar-refractivity contribution in [3.63, 3.8) is 0 Å². The summed E-state index contributed by atoms with van der Waals surface area (Å²) in [4.78, 5) is 0. The molecule has 6 heteroatoms. The summed E-state index contributed by atoms with van der Waals surface area (Å²) in [5.41, 5.74) is 0.0683. The van der Waals surface area contributed by atoms with Crippen molar-refractivity contribution >= 4 is 15.7 Å². The van der Waals surface area contributed by atoms with Gasteiger partial charge in [0.25, 0.3) is 0 Å². The smallest absolute Gasteiger partial charge is 0.232 e. The van der Waals surface area contributed by atoms with Crippen molar-refractivity contribution in [3.8, 4) is 11.5 Å². The van der Waals surface area contributed by atoms with Gasteiger partial charge in [-0.1, -0.05) is 20.8 Å². The molecule has 19 heavy (non-hydrogen) atoms. The second-order valence-electron chi connectivity index (χ2n) is 5.61. The molecule has 0 aliphatic heterocycles. The van der Waals surface area contributed by atoms with Gasteiger partial charge >= 0.3 is 0 Å². The van der Waals surface area contributed by atoms with Gasteiger partial charge in [-0.25, -0.2) is 8.42 Å². The largest absolute Gasteiger partial charge is 0.506 e. The number of phenols is 1. The number of benzene rings is 1. The lowest BCUT2D eigenvalue weighted by Crippen LogP contribution is -2.21. The van der Waals surface area contributed by atoms with Crippen LogP contribution >= 0.6 is 0 Å². The Bertz CT molecular complexity index is 532. The highest BCUT2D eigenvalue weighted by Crippen LogP contribution is 2.29. The zero-order valence-corrected chi connectivity index (χ0v) is 12.5. The van der Waals surface area contributed by atoms with Crippen molar-refractivity contribution < 1.29 is 18.3 Å². The number of ether oxygens (including phenoxy) is 1. The van der Waals surface area contributed by atoms with Crippen LogP contribution in [0.3, 0.4) is 0 Å². The Morgan fingerprint density at radius 1 is 1.32 bits per heavy atom. The lowest BCUT2D eigenvalue weighted by molar-refractivity contribution is 0.397. The van der Waals surface area contributed by atoms with Gasteiger partial charge in [0.15, 0.2) is 0 Å². The fourth-order valence-electron chi connectivity index (χ4n) is 1.38. The lowest BCUT2D eigenvalue weighted by atomic mass is 9.94. The molecule has 0 aromatic heterocycles. The quantitative estimate of drug-likeness (QED) is 0.816. The summed E-state index contributed by atoms with van der Waals surface area (Å²) in [6, 6.07) is 4.40. The van der Waals surface area contributed by atoms with Crippen molar-refractivity contribution in [1.29, 1.82) is 0 Å². The Labute approximate surface area is 114 Å². The van der Waals surface area contributed by atoms with Crippen LogP contribution < -0.4 is 9.46 Å². The molecular formula is C13H21NO4S. The molecule has 5 nitrogen and oxygen atoms in total. The van der Waals surface area contributed by atoms with Crippen LogP contribution in [0.5, 0.6) is 11.5 Å². The molecule has 0 heterocycles. The van der Waals surface area contributed by atoms with Crippen LogP contribution in [-0.4, -0.2) is 26.4 Å². The summed E-state index contributed by atoms with van der Waals surface area (Å²) in [5.74, 6) is 0.360. The fraction of sp³-hybridized carbons (Fsp3) is 0.538. The molecule has 108 valence electrons. The molecule has 0 fully saturated rings. The normalized spacial score (nSPS) is 12.2. The number of hydrogen-bond donors (Lipinski definition) is 2. The van der Waals surface area contributed by atoms with Gasteiger partial charge in [-0.2, -0.15) is 0 Å². The van der Waals surface area contributed by atoms with Gasteiger partial charge in [-0.15, -0.1) is 0 Å². The van der Waals surface area contributed by atoms with Gasteiger partial charge in [0, 0.05) is 6.07 Å². The first-order valence-corrected chi connectivity index (χ1v) is 7.66. The van der Waals surface area contributed by atoms with Gasteiger partial charge in [0.1, 0.15) is 11.5 Å². The summed E-state index contributed by atoms with van der Waals surface area (Å²) in [6.07, 6.45) is 0.535. The summed E-state index contributed by atoms with van der Waals surface area (Å²) < 4.78 is 31.2. The van der Waals surface area contributed by atoms with Gasteiger partial charge < -0.3 is 9.84 Å². The molecular weight excluding hydrogens is 266 g/mol. The van der Waals surface area contributed by atoms with E-state index in [4.69, 9.17) is 4.74 Å². The van der Waals surface area contributed by atoms with Crippen molar-refractivity contribution in [3.05, 3.63) is 18.2 Å². The van der Waals surface area contributed by atoms with Crippen molar-refractivity contribution in [2.24, 2.45) is 5.41 Å². The van der Waals surface area contributed by atoms with E-state index in [1.807, 2.05) is 20.8 Å². The fourth-order valence-corrected chi connectivity index (χ4v) is 2.86. The Morgan fingerprint density at radius 2 is 1.95 bits per heavy atom. The SMILES string of the molecule is COc1ccc(O)c(NS(=O)(=O)CCC(C)(C)C)c1. The minimum atomic E-state index is -3.48. The molecule has 1 aromatic carbocycles.